The number of likely N-dealkylation sites (tertiary alicyclic amines) is 1. The van der Waals surface area contributed by atoms with Gasteiger partial charge in [0.25, 0.3) is 0 Å². The molecule has 0 radical (unpaired) electrons. The van der Waals surface area contributed by atoms with E-state index in [9.17, 15) is 9.59 Å². The number of hydrogen-bond donors (Lipinski definition) is 1. The molecule has 3 heterocycles. The number of aromatic nitrogens is 2. The largest absolute Gasteiger partial charge is 0.481 e. The van der Waals surface area contributed by atoms with Gasteiger partial charge in [-0.2, -0.15) is 0 Å². The SMILES string of the molecule is COC(=O)[C@@H](CN1CCC(NC(=O)OC(C)(C)C)CC1)c1c(Cl)cnc2ccc(OC)nc12. The highest BCUT2D eigenvalue weighted by molar-refractivity contribution is 6.32. The van der Waals surface area contributed by atoms with Gasteiger partial charge in [0.1, 0.15) is 5.60 Å². The predicted octanol–water partition coefficient (Wildman–Crippen LogP) is 3.54. The van der Waals surface area contributed by atoms with Crippen LogP contribution in [0, 0.1) is 0 Å². The van der Waals surface area contributed by atoms with Gasteiger partial charge in [0.15, 0.2) is 0 Å². The fourth-order valence-corrected chi connectivity index (χ4v) is 4.18. The molecule has 1 aliphatic heterocycles. The van der Waals surface area contributed by atoms with E-state index in [2.05, 4.69) is 20.2 Å². The fourth-order valence-electron chi connectivity index (χ4n) is 3.91. The zero-order valence-corrected chi connectivity index (χ0v) is 20.4. The lowest BCUT2D eigenvalue weighted by Gasteiger charge is -2.34. The second-order valence-corrected chi connectivity index (χ2v) is 9.45. The van der Waals surface area contributed by atoms with Crippen molar-refractivity contribution in [3.05, 3.63) is 28.9 Å². The van der Waals surface area contributed by atoms with Gasteiger partial charge in [0.2, 0.25) is 5.88 Å². The van der Waals surface area contributed by atoms with E-state index in [0.29, 0.717) is 47.1 Å². The van der Waals surface area contributed by atoms with E-state index in [0.717, 1.165) is 12.8 Å². The molecule has 0 unspecified atom stereocenters. The van der Waals surface area contributed by atoms with E-state index in [1.54, 1.807) is 12.1 Å². The molecule has 1 atom stereocenters. The summed E-state index contributed by atoms with van der Waals surface area (Å²) < 4.78 is 15.7. The standard InChI is InChI=1S/C23H31ClN4O5/c1-23(2,3)33-22(30)26-14-8-10-28(11-9-14)13-15(21(29)32-5)19-16(24)12-25-17-6-7-18(31-4)27-20(17)19/h6-7,12,14-15H,8-11,13H2,1-5H3,(H,26,30)/t15-/m0/s1. The molecule has 3 rings (SSSR count). The predicted molar refractivity (Wildman–Crippen MR) is 125 cm³/mol. The Hall–Kier alpha value is -2.65. The number of amides is 1. The third kappa shape index (κ3) is 6.45. The lowest BCUT2D eigenvalue weighted by atomic mass is 9.95. The number of alkyl carbamates (subject to hydrolysis) is 1. The summed E-state index contributed by atoms with van der Waals surface area (Å²) in [5.41, 5.74) is 1.16. The first-order valence-electron chi connectivity index (χ1n) is 10.9. The summed E-state index contributed by atoms with van der Waals surface area (Å²) >= 11 is 6.51. The van der Waals surface area contributed by atoms with Crippen molar-refractivity contribution in [3.63, 3.8) is 0 Å². The molecule has 0 bridgehead atoms. The number of nitrogens with one attached hydrogen (secondary N) is 1. The minimum absolute atomic E-state index is 0.0175. The Morgan fingerprint density at radius 3 is 2.55 bits per heavy atom. The molecule has 0 aliphatic carbocycles. The number of carbonyl (C=O) groups is 2. The minimum Gasteiger partial charge on any atom is -0.481 e. The van der Waals surface area contributed by atoms with Crippen molar-refractivity contribution < 1.29 is 23.8 Å². The molecule has 0 spiro atoms. The molecule has 33 heavy (non-hydrogen) atoms. The minimum atomic E-state index is -0.650. The van der Waals surface area contributed by atoms with Crippen molar-refractivity contribution in [3.8, 4) is 5.88 Å². The molecule has 0 aromatic carbocycles. The van der Waals surface area contributed by atoms with Crippen LogP contribution < -0.4 is 10.1 Å². The summed E-state index contributed by atoms with van der Waals surface area (Å²) in [4.78, 5) is 35.9. The van der Waals surface area contributed by atoms with Gasteiger partial charge in [-0.1, -0.05) is 11.6 Å². The Morgan fingerprint density at radius 1 is 1.24 bits per heavy atom. The summed E-state index contributed by atoms with van der Waals surface area (Å²) in [5.74, 6) is -0.642. The van der Waals surface area contributed by atoms with Gasteiger partial charge in [-0.05, 0) is 39.7 Å². The second-order valence-electron chi connectivity index (χ2n) is 9.04. The van der Waals surface area contributed by atoms with Crippen molar-refractivity contribution in [1.82, 2.24) is 20.2 Å². The monoisotopic (exact) mass is 478 g/mol. The zero-order chi connectivity index (χ0) is 24.2. The summed E-state index contributed by atoms with van der Waals surface area (Å²) in [6.07, 6.45) is 2.59. The fraction of sp³-hybridized carbons (Fsp3) is 0.565. The van der Waals surface area contributed by atoms with E-state index < -0.39 is 23.6 Å². The first-order valence-corrected chi connectivity index (χ1v) is 11.3. The van der Waals surface area contributed by atoms with Crippen LogP contribution in [0.3, 0.4) is 0 Å². The maximum atomic E-state index is 12.8. The molecule has 1 saturated heterocycles. The number of rotatable bonds is 6. The average molecular weight is 479 g/mol. The number of pyridine rings is 2. The van der Waals surface area contributed by atoms with Gasteiger partial charge in [0, 0.05) is 43.5 Å². The van der Waals surface area contributed by atoms with Gasteiger partial charge in [-0.15, -0.1) is 0 Å². The molecule has 1 N–H and O–H groups in total. The molecule has 9 nitrogen and oxygen atoms in total. The molecule has 1 fully saturated rings. The Morgan fingerprint density at radius 2 is 1.94 bits per heavy atom. The summed E-state index contributed by atoms with van der Waals surface area (Å²) in [6.45, 7) is 7.31. The zero-order valence-electron chi connectivity index (χ0n) is 19.7. The van der Waals surface area contributed by atoms with Gasteiger partial charge >= 0.3 is 12.1 Å². The number of piperidine rings is 1. The lowest BCUT2D eigenvalue weighted by Crippen LogP contribution is -2.47. The van der Waals surface area contributed by atoms with Crippen molar-refractivity contribution >= 4 is 34.7 Å². The Labute approximate surface area is 198 Å². The summed E-state index contributed by atoms with van der Waals surface area (Å²) in [5, 5.41) is 3.28. The molecule has 2 aromatic rings. The Balaban J connectivity index is 1.75. The maximum absolute atomic E-state index is 12.8. The number of carbonyl (C=O) groups excluding carboxylic acids is 2. The van der Waals surface area contributed by atoms with Crippen LogP contribution in [0.25, 0.3) is 11.0 Å². The van der Waals surface area contributed by atoms with E-state index >= 15 is 0 Å². The summed E-state index contributed by atoms with van der Waals surface area (Å²) in [6, 6.07) is 3.51. The van der Waals surface area contributed by atoms with E-state index in [-0.39, 0.29) is 6.04 Å². The van der Waals surface area contributed by atoms with Crippen LogP contribution in [0.15, 0.2) is 18.3 Å². The average Bonchev–Trinajstić information content (AvgIpc) is 2.76. The van der Waals surface area contributed by atoms with Crippen LogP contribution in [0.2, 0.25) is 5.02 Å². The molecule has 1 aliphatic rings. The number of hydrogen-bond acceptors (Lipinski definition) is 8. The third-order valence-corrected chi connectivity index (χ3v) is 5.77. The Kier molecular flexibility index (Phi) is 7.97. The quantitative estimate of drug-likeness (QED) is 0.629. The molecule has 180 valence electrons. The number of methoxy groups -OCH3 is 2. The van der Waals surface area contributed by atoms with Gasteiger partial charge in [0.05, 0.1) is 36.2 Å². The normalized spacial score (nSPS) is 16.3. The second kappa shape index (κ2) is 10.5. The first kappa shape index (κ1) is 25.0. The van der Waals surface area contributed by atoms with Crippen LogP contribution in [0.4, 0.5) is 4.79 Å². The molecule has 2 aromatic heterocycles. The maximum Gasteiger partial charge on any atom is 0.407 e. The van der Waals surface area contributed by atoms with E-state index in [1.165, 1.54) is 20.4 Å². The molecular weight excluding hydrogens is 448 g/mol. The Bertz CT molecular complexity index is 1000. The number of esters is 1. The van der Waals surface area contributed by atoms with E-state index in [1.807, 2.05) is 20.8 Å². The number of fused-ring (bicyclic) bond motifs is 1. The highest BCUT2D eigenvalue weighted by atomic mass is 35.5. The highest BCUT2D eigenvalue weighted by Gasteiger charge is 2.31. The van der Waals surface area contributed by atoms with Crippen LogP contribution in [-0.4, -0.2) is 72.4 Å². The number of ether oxygens (including phenoxy) is 3. The number of halogens is 1. The lowest BCUT2D eigenvalue weighted by molar-refractivity contribution is -0.143. The van der Waals surface area contributed by atoms with Gasteiger partial charge in [-0.25, -0.2) is 9.78 Å². The highest BCUT2D eigenvalue weighted by Crippen LogP contribution is 2.33. The molecule has 0 saturated carbocycles. The third-order valence-electron chi connectivity index (χ3n) is 5.47. The smallest absolute Gasteiger partial charge is 0.407 e. The van der Waals surface area contributed by atoms with Crippen LogP contribution in [0.1, 0.15) is 45.1 Å². The van der Waals surface area contributed by atoms with Crippen LogP contribution in [-0.2, 0) is 14.3 Å². The molecule has 1 amide bonds. The number of nitrogens with zero attached hydrogens (tertiary/aromatic N) is 3. The van der Waals surface area contributed by atoms with E-state index in [4.69, 9.17) is 25.8 Å². The van der Waals surface area contributed by atoms with Gasteiger partial charge < -0.3 is 24.4 Å². The van der Waals surface area contributed by atoms with Crippen molar-refractivity contribution in [2.24, 2.45) is 0 Å². The molecule has 10 heteroatoms. The van der Waals surface area contributed by atoms with Crippen LogP contribution in [0.5, 0.6) is 5.88 Å². The molecular formula is C23H31ClN4O5. The van der Waals surface area contributed by atoms with Gasteiger partial charge in [-0.3, -0.25) is 9.78 Å². The van der Waals surface area contributed by atoms with Crippen molar-refractivity contribution in [1.29, 1.82) is 0 Å². The summed E-state index contributed by atoms with van der Waals surface area (Å²) in [7, 11) is 2.89. The van der Waals surface area contributed by atoms with Crippen molar-refractivity contribution in [2.75, 3.05) is 33.9 Å². The van der Waals surface area contributed by atoms with Crippen molar-refractivity contribution in [2.45, 2.75) is 51.2 Å². The van der Waals surface area contributed by atoms with Crippen LogP contribution >= 0.6 is 11.6 Å². The first-order chi connectivity index (χ1) is 15.6. The topological polar surface area (TPSA) is 103 Å².